The van der Waals surface area contributed by atoms with Crippen molar-refractivity contribution in [2.75, 3.05) is 25.0 Å². The first kappa shape index (κ1) is 19.0. The minimum Gasteiger partial charge on any atom is -0.336 e. The summed E-state index contributed by atoms with van der Waals surface area (Å²) in [6.07, 6.45) is 0.0121. The zero-order chi connectivity index (χ0) is 19.4. The first-order valence-corrected chi connectivity index (χ1v) is 8.73. The summed E-state index contributed by atoms with van der Waals surface area (Å²) in [6, 6.07) is 11.7. The molecule has 0 radical (unpaired) electrons. The number of anilines is 1. The highest BCUT2D eigenvalue weighted by Gasteiger charge is 2.31. The van der Waals surface area contributed by atoms with Gasteiger partial charge in [0, 0.05) is 38.4 Å². The number of nitrogens with one attached hydrogen (secondary N) is 1. The Morgan fingerprint density at radius 2 is 1.85 bits per heavy atom. The first-order valence-electron chi connectivity index (χ1n) is 8.73. The number of amides is 2. The molecule has 7 heteroatoms. The van der Waals surface area contributed by atoms with Crippen molar-refractivity contribution >= 4 is 17.5 Å². The van der Waals surface area contributed by atoms with E-state index in [4.69, 9.17) is 0 Å². The molecule has 1 aliphatic heterocycles. The summed E-state index contributed by atoms with van der Waals surface area (Å²) in [4.78, 5) is 28.3. The molecule has 2 aromatic rings. The molecule has 0 bridgehead atoms. The number of halogens is 2. The van der Waals surface area contributed by atoms with Crippen molar-refractivity contribution in [2.24, 2.45) is 0 Å². The van der Waals surface area contributed by atoms with Crippen molar-refractivity contribution < 1.29 is 18.4 Å². The van der Waals surface area contributed by atoms with E-state index in [2.05, 4.69) is 5.32 Å². The van der Waals surface area contributed by atoms with Crippen molar-refractivity contribution in [1.82, 2.24) is 10.2 Å². The molecular formula is C20H21F2N3O2. The lowest BCUT2D eigenvalue weighted by Crippen LogP contribution is -2.56. The normalized spacial score (nSPS) is 17.1. The van der Waals surface area contributed by atoms with Crippen LogP contribution in [0.5, 0.6) is 0 Å². The molecule has 0 aromatic heterocycles. The molecule has 1 aliphatic rings. The average Bonchev–Trinajstić information content (AvgIpc) is 2.64. The van der Waals surface area contributed by atoms with E-state index in [-0.39, 0.29) is 24.8 Å². The fraction of sp³-hybridized carbons (Fsp3) is 0.300. The van der Waals surface area contributed by atoms with Crippen LogP contribution in [0.4, 0.5) is 14.5 Å². The van der Waals surface area contributed by atoms with Crippen LogP contribution in [0.2, 0.25) is 0 Å². The van der Waals surface area contributed by atoms with E-state index in [0.717, 1.165) is 11.8 Å². The Hall–Kier alpha value is -2.80. The number of carbonyl (C=O) groups excluding carboxylic acids is 2. The van der Waals surface area contributed by atoms with Gasteiger partial charge >= 0.3 is 0 Å². The Balaban J connectivity index is 1.65. The van der Waals surface area contributed by atoms with E-state index in [1.54, 1.807) is 7.05 Å². The van der Waals surface area contributed by atoms with Crippen LogP contribution in [-0.2, 0) is 16.1 Å². The smallest absolute Gasteiger partial charge is 0.240 e. The van der Waals surface area contributed by atoms with Crippen molar-refractivity contribution in [1.29, 1.82) is 0 Å². The van der Waals surface area contributed by atoms with Crippen LogP contribution in [-0.4, -0.2) is 42.9 Å². The predicted molar refractivity (Wildman–Crippen MR) is 98.0 cm³/mol. The van der Waals surface area contributed by atoms with E-state index >= 15 is 0 Å². The topological polar surface area (TPSA) is 52.7 Å². The lowest BCUT2D eigenvalue weighted by atomic mass is 10.1. The van der Waals surface area contributed by atoms with Crippen molar-refractivity contribution in [2.45, 2.75) is 19.0 Å². The highest BCUT2D eigenvalue weighted by molar-refractivity contribution is 5.97. The molecule has 1 N–H and O–H groups in total. The third kappa shape index (κ3) is 4.68. The molecule has 142 valence electrons. The van der Waals surface area contributed by atoms with Crippen LogP contribution < -0.4 is 10.2 Å². The van der Waals surface area contributed by atoms with Crippen molar-refractivity contribution in [3.8, 4) is 0 Å². The number of hydrogen-bond acceptors (Lipinski definition) is 3. The van der Waals surface area contributed by atoms with Gasteiger partial charge in [-0.1, -0.05) is 18.2 Å². The Morgan fingerprint density at radius 3 is 2.52 bits per heavy atom. The number of benzene rings is 2. The molecule has 0 aliphatic carbocycles. The average molecular weight is 373 g/mol. The van der Waals surface area contributed by atoms with Gasteiger partial charge in [-0.05, 0) is 29.8 Å². The standard InChI is InChI=1S/C20H21F2N3O2/c1-24(17-5-3-2-4-6-17)19(26)12-18-20(27)25(8-7-23-18)13-14-9-15(21)11-16(22)10-14/h2-6,9-11,18,23H,7-8,12-13H2,1H3. The fourth-order valence-electron chi connectivity index (χ4n) is 3.14. The molecule has 1 atom stereocenters. The number of nitrogens with zero attached hydrogens (tertiary/aromatic N) is 2. The number of piperazine rings is 1. The van der Waals surface area contributed by atoms with Gasteiger partial charge in [0.2, 0.25) is 11.8 Å². The highest BCUT2D eigenvalue weighted by Crippen LogP contribution is 2.16. The van der Waals surface area contributed by atoms with Gasteiger partial charge in [0.25, 0.3) is 0 Å². The number of para-hydroxylation sites is 1. The number of hydrogen-bond donors (Lipinski definition) is 1. The molecule has 2 aromatic carbocycles. The van der Waals surface area contributed by atoms with E-state index in [9.17, 15) is 18.4 Å². The molecular weight excluding hydrogens is 352 g/mol. The zero-order valence-electron chi connectivity index (χ0n) is 15.0. The van der Waals surface area contributed by atoms with Gasteiger partial charge in [-0.3, -0.25) is 9.59 Å². The highest BCUT2D eigenvalue weighted by atomic mass is 19.1. The van der Waals surface area contributed by atoms with Gasteiger partial charge in [-0.15, -0.1) is 0 Å². The molecule has 1 heterocycles. The maximum atomic E-state index is 13.4. The summed E-state index contributed by atoms with van der Waals surface area (Å²) < 4.78 is 26.7. The maximum Gasteiger partial charge on any atom is 0.240 e. The van der Waals surface area contributed by atoms with Crippen LogP contribution >= 0.6 is 0 Å². The Kier molecular flexibility index (Phi) is 5.81. The van der Waals surface area contributed by atoms with Crippen LogP contribution in [0.25, 0.3) is 0 Å². The Labute approximate surface area is 156 Å². The summed E-state index contributed by atoms with van der Waals surface area (Å²) in [5, 5.41) is 3.06. The number of rotatable bonds is 5. The molecule has 1 unspecified atom stereocenters. The monoisotopic (exact) mass is 373 g/mol. The SMILES string of the molecule is CN(C(=O)CC1NCCN(Cc2cc(F)cc(F)c2)C1=O)c1ccccc1. The second kappa shape index (κ2) is 8.26. The number of carbonyl (C=O) groups is 2. The third-order valence-corrected chi connectivity index (χ3v) is 4.57. The van der Waals surface area contributed by atoms with Crippen molar-refractivity contribution in [3.63, 3.8) is 0 Å². The fourth-order valence-corrected chi connectivity index (χ4v) is 3.14. The van der Waals surface area contributed by atoms with Gasteiger partial charge in [0.1, 0.15) is 11.6 Å². The van der Waals surface area contributed by atoms with E-state index in [1.807, 2.05) is 30.3 Å². The summed E-state index contributed by atoms with van der Waals surface area (Å²) in [5.41, 5.74) is 1.13. The van der Waals surface area contributed by atoms with Gasteiger partial charge in [-0.2, -0.15) is 0 Å². The molecule has 1 fully saturated rings. The lowest BCUT2D eigenvalue weighted by molar-refractivity contribution is -0.138. The summed E-state index contributed by atoms with van der Waals surface area (Å²) in [5.74, 6) is -1.79. The maximum absolute atomic E-state index is 13.4. The van der Waals surface area contributed by atoms with Crippen LogP contribution in [0.1, 0.15) is 12.0 Å². The van der Waals surface area contributed by atoms with Crippen LogP contribution in [0.15, 0.2) is 48.5 Å². The molecule has 3 rings (SSSR count). The second-order valence-corrected chi connectivity index (χ2v) is 6.54. The van der Waals surface area contributed by atoms with E-state index < -0.39 is 17.7 Å². The second-order valence-electron chi connectivity index (χ2n) is 6.54. The van der Waals surface area contributed by atoms with Crippen molar-refractivity contribution in [3.05, 3.63) is 65.7 Å². The van der Waals surface area contributed by atoms with E-state index in [0.29, 0.717) is 18.7 Å². The van der Waals surface area contributed by atoms with E-state index in [1.165, 1.54) is 21.9 Å². The van der Waals surface area contributed by atoms with Gasteiger partial charge < -0.3 is 15.1 Å². The molecule has 1 saturated heterocycles. The molecule has 2 amide bonds. The zero-order valence-corrected chi connectivity index (χ0v) is 15.0. The largest absolute Gasteiger partial charge is 0.336 e. The van der Waals surface area contributed by atoms with Gasteiger partial charge in [-0.25, -0.2) is 8.78 Å². The van der Waals surface area contributed by atoms with Gasteiger partial charge in [0.05, 0.1) is 12.5 Å². The summed E-state index contributed by atoms with van der Waals surface area (Å²) in [6.45, 7) is 1.03. The van der Waals surface area contributed by atoms with Gasteiger partial charge in [0.15, 0.2) is 0 Å². The third-order valence-electron chi connectivity index (χ3n) is 4.57. The molecule has 27 heavy (non-hydrogen) atoms. The summed E-state index contributed by atoms with van der Waals surface area (Å²) in [7, 11) is 1.66. The summed E-state index contributed by atoms with van der Waals surface area (Å²) >= 11 is 0. The lowest BCUT2D eigenvalue weighted by Gasteiger charge is -2.33. The Morgan fingerprint density at radius 1 is 1.19 bits per heavy atom. The minimum absolute atomic E-state index is 0.0121. The quantitative estimate of drug-likeness (QED) is 0.875. The van der Waals surface area contributed by atoms with Crippen LogP contribution in [0.3, 0.4) is 0 Å². The van der Waals surface area contributed by atoms with Crippen LogP contribution in [0, 0.1) is 11.6 Å². The Bertz CT molecular complexity index is 809. The predicted octanol–water partition coefficient (Wildman–Crippen LogP) is 2.32. The molecule has 0 spiro atoms. The first-order chi connectivity index (χ1) is 12.9. The molecule has 5 nitrogen and oxygen atoms in total. The molecule has 0 saturated carbocycles. The minimum atomic E-state index is -0.677.